The Hall–Kier alpha value is -2.38. The topological polar surface area (TPSA) is 27.7 Å². The lowest BCUT2D eigenvalue weighted by Crippen LogP contribution is -2.38. The molecule has 2 aromatic rings. The first-order chi connectivity index (χ1) is 16.9. The Morgan fingerprint density at radius 1 is 0.886 bits per heavy atom. The average molecular weight is 493 g/mol. The van der Waals surface area contributed by atoms with Gasteiger partial charge in [-0.15, -0.1) is 6.58 Å². The largest absolute Gasteiger partial charge is 0.491 e. The summed E-state index contributed by atoms with van der Waals surface area (Å²) in [7, 11) is 0. The van der Waals surface area contributed by atoms with E-state index in [4.69, 9.17) is 14.2 Å². The molecule has 7 heteroatoms. The number of hydrogen-bond acceptors (Lipinski definition) is 3. The zero-order chi connectivity index (χ0) is 24.9. The van der Waals surface area contributed by atoms with Gasteiger partial charge in [-0.3, -0.25) is 0 Å². The van der Waals surface area contributed by atoms with E-state index in [1.807, 2.05) is 6.08 Å². The maximum atomic E-state index is 15.1. The third-order valence-corrected chi connectivity index (χ3v) is 7.12. The molecule has 4 unspecified atom stereocenters. The van der Waals surface area contributed by atoms with E-state index in [1.165, 1.54) is 24.3 Å². The van der Waals surface area contributed by atoms with Crippen molar-refractivity contribution in [1.29, 1.82) is 0 Å². The lowest BCUT2D eigenvalue weighted by atomic mass is 9.84. The monoisotopic (exact) mass is 492 g/mol. The summed E-state index contributed by atoms with van der Waals surface area (Å²) in [5, 5.41) is 0. The Morgan fingerprint density at radius 3 is 2.26 bits per heavy atom. The maximum absolute atomic E-state index is 15.1. The van der Waals surface area contributed by atoms with E-state index < -0.39 is 23.3 Å². The fourth-order valence-corrected chi connectivity index (χ4v) is 5.13. The predicted molar refractivity (Wildman–Crippen MR) is 126 cm³/mol. The number of hydrogen-bond donors (Lipinski definition) is 0. The number of rotatable bonds is 8. The molecule has 2 aromatic carbocycles. The highest BCUT2D eigenvalue weighted by Crippen LogP contribution is 2.38. The van der Waals surface area contributed by atoms with Crippen molar-refractivity contribution in [3.8, 4) is 16.9 Å². The molecule has 4 rings (SSSR count). The molecule has 2 saturated heterocycles. The van der Waals surface area contributed by atoms with Crippen LogP contribution in [-0.4, -0.2) is 32.0 Å². The first kappa shape index (κ1) is 25.7. The van der Waals surface area contributed by atoms with Crippen LogP contribution in [0.15, 0.2) is 36.9 Å². The van der Waals surface area contributed by atoms with Crippen LogP contribution in [0.5, 0.6) is 5.75 Å². The van der Waals surface area contributed by atoms with Crippen molar-refractivity contribution in [1.82, 2.24) is 0 Å². The van der Waals surface area contributed by atoms with Crippen molar-refractivity contribution in [3.63, 3.8) is 0 Å². The van der Waals surface area contributed by atoms with Crippen LogP contribution < -0.4 is 4.74 Å². The Labute approximate surface area is 204 Å². The molecule has 2 fully saturated rings. The summed E-state index contributed by atoms with van der Waals surface area (Å²) in [5.41, 5.74) is -0.482. The minimum absolute atomic E-state index is 0.0414. The number of ether oxygens (including phenoxy) is 3. The quantitative estimate of drug-likeness (QED) is 0.285. The van der Waals surface area contributed by atoms with Crippen LogP contribution in [0.2, 0.25) is 0 Å². The SMILES string of the molecule is C=CCCC1CCC(C2CCC(c3ccc(-c4ccc(OCC)c(F)c4F)c(F)c3F)CO2)CO1. The number of benzene rings is 2. The number of halogens is 4. The van der Waals surface area contributed by atoms with Gasteiger partial charge in [-0.1, -0.05) is 18.2 Å². The summed E-state index contributed by atoms with van der Waals surface area (Å²) in [5.74, 6) is -5.01. The van der Waals surface area contributed by atoms with Gasteiger partial charge < -0.3 is 14.2 Å². The van der Waals surface area contributed by atoms with Crippen molar-refractivity contribution < 1.29 is 31.8 Å². The van der Waals surface area contributed by atoms with E-state index in [0.717, 1.165) is 32.1 Å². The first-order valence-electron chi connectivity index (χ1n) is 12.4. The molecule has 4 atom stereocenters. The summed E-state index contributed by atoms with van der Waals surface area (Å²) < 4.78 is 76.0. The second kappa shape index (κ2) is 11.6. The highest BCUT2D eigenvalue weighted by molar-refractivity contribution is 5.66. The van der Waals surface area contributed by atoms with Crippen molar-refractivity contribution in [2.75, 3.05) is 19.8 Å². The lowest BCUT2D eigenvalue weighted by Gasteiger charge is -2.38. The molecule has 190 valence electrons. The molecule has 0 N–H and O–H groups in total. The molecule has 0 aliphatic carbocycles. The van der Waals surface area contributed by atoms with Crippen LogP contribution in [0.1, 0.15) is 56.9 Å². The minimum atomic E-state index is -1.27. The molecule has 0 amide bonds. The third kappa shape index (κ3) is 5.56. The van der Waals surface area contributed by atoms with Gasteiger partial charge in [0.25, 0.3) is 0 Å². The van der Waals surface area contributed by atoms with Gasteiger partial charge in [0.1, 0.15) is 0 Å². The van der Waals surface area contributed by atoms with E-state index in [9.17, 15) is 13.2 Å². The lowest BCUT2D eigenvalue weighted by molar-refractivity contribution is -0.0963. The zero-order valence-electron chi connectivity index (χ0n) is 20.0. The Balaban J connectivity index is 1.41. The van der Waals surface area contributed by atoms with Gasteiger partial charge in [0.2, 0.25) is 5.82 Å². The molecule has 0 saturated carbocycles. The highest BCUT2D eigenvalue weighted by Gasteiger charge is 2.34. The summed E-state index contributed by atoms with van der Waals surface area (Å²) in [6.07, 6.45) is 7.55. The van der Waals surface area contributed by atoms with Gasteiger partial charge in [0, 0.05) is 23.0 Å². The van der Waals surface area contributed by atoms with Crippen molar-refractivity contribution in [2.45, 2.75) is 63.6 Å². The van der Waals surface area contributed by atoms with Crippen molar-refractivity contribution >= 4 is 0 Å². The van der Waals surface area contributed by atoms with E-state index in [0.29, 0.717) is 18.9 Å². The molecule has 35 heavy (non-hydrogen) atoms. The van der Waals surface area contributed by atoms with Crippen LogP contribution in [0, 0.1) is 29.2 Å². The van der Waals surface area contributed by atoms with Gasteiger partial charge in [-0.25, -0.2) is 13.2 Å². The molecule has 2 heterocycles. The van der Waals surface area contributed by atoms with Gasteiger partial charge >= 0.3 is 0 Å². The molecule has 2 aliphatic rings. The Morgan fingerprint density at radius 2 is 1.63 bits per heavy atom. The van der Waals surface area contributed by atoms with E-state index in [2.05, 4.69) is 6.58 Å². The van der Waals surface area contributed by atoms with Gasteiger partial charge in [-0.05, 0) is 63.1 Å². The Bertz CT molecular complexity index is 1030. The molecule has 2 aliphatic heterocycles. The standard InChI is InChI=1S/C28H32F4O3/c1-3-5-6-19-9-7-18(16-34-19)23-13-8-17(15-35-23)20-10-11-21(26(30)25(20)29)22-12-14-24(33-4-2)28(32)27(22)31/h3,10-12,14,17-19,23H,1,4-9,13,15-16H2,2H3. The van der Waals surface area contributed by atoms with Crippen LogP contribution in [0.3, 0.4) is 0 Å². The molecular weight excluding hydrogens is 460 g/mol. The van der Waals surface area contributed by atoms with Crippen molar-refractivity contribution in [3.05, 3.63) is 65.8 Å². The molecular formula is C28H32F4O3. The molecule has 0 spiro atoms. The summed E-state index contributed by atoms with van der Waals surface area (Å²) in [6.45, 7) is 6.48. The second-order valence-corrected chi connectivity index (χ2v) is 9.31. The number of allylic oxidation sites excluding steroid dienone is 1. The third-order valence-electron chi connectivity index (χ3n) is 7.12. The molecule has 0 aromatic heterocycles. The maximum Gasteiger partial charge on any atom is 0.201 e. The minimum Gasteiger partial charge on any atom is -0.491 e. The van der Waals surface area contributed by atoms with Crippen LogP contribution >= 0.6 is 0 Å². The van der Waals surface area contributed by atoms with Crippen molar-refractivity contribution in [2.24, 2.45) is 5.92 Å². The Kier molecular flexibility index (Phi) is 8.50. The van der Waals surface area contributed by atoms with Gasteiger partial charge in [-0.2, -0.15) is 4.39 Å². The van der Waals surface area contributed by atoms with E-state index >= 15 is 4.39 Å². The van der Waals surface area contributed by atoms with Gasteiger partial charge in [0.15, 0.2) is 23.2 Å². The highest BCUT2D eigenvalue weighted by atomic mass is 19.2. The molecule has 0 bridgehead atoms. The fraction of sp³-hybridized carbons (Fsp3) is 0.500. The van der Waals surface area contributed by atoms with Crippen LogP contribution in [0.25, 0.3) is 11.1 Å². The normalized spacial score (nSPS) is 24.8. The molecule has 0 radical (unpaired) electrons. The van der Waals surface area contributed by atoms with Crippen LogP contribution in [0.4, 0.5) is 17.6 Å². The van der Waals surface area contributed by atoms with E-state index in [1.54, 1.807) is 6.92 Å². The van der Waals surface area contributed by atoms with Gasteiger partial charge in [0.05, 0.1) is 32.0 Å². The average Bonchev–Trinajstić information content (AvgIpc) is 2.88. The fourth-order valence-electron chi connectivity index (χ4n) is 5.13. The van der Waals surface area contributed by atoms with Crippen LogP contribution in [-0.2, 0) is 9.47 Å². The molecule has 3 nitrogen and oxygen atoms in total. The van der Waals surface area contributed by atoms with E-state index in [-0.39, 0.29) is 53.8 Å². The second-order valence-electron chi connectivity index (χ2n) is 9.31. The first-order valence-corrected chi connectivity index (χ1v) is 12.4. The summed E-state index contributed by atoms with van der Waals surface area (Å²) in [6, 6.07) is 5.16. The summed E-state index contributed by atoms with van der Waals surface area (Å²) in [4.78, 5) is 0. The smallest absolute Gasteiger partial charge is 0.201 e. The predicted octanol–water partition coefficient (Wildman–Crippen LogP) is 7.33. The summed E-state index contributed by atoms with van der Waals surface area (Å²) >= 11 is 0. The zero-order valence-corrected chi connectivity index (χ0v) is 20.0.